The van der Waals surface area contributed by atoms with Crippen molar-refractivity contribution in [3.05, 3.63) is 0 Å². The molecule has 0 aromatic heterocycles. The lowest BCUT2D eigenvalue weighted by Crippen LogP contribution is -2.61. The Morgan fingerprint density at radius 1 is 1.32 bits per heavy atom. The van der Waals surface area contributed by atoms with Crippen LogP contribution >= 0.6 is 0 Å². The number of rotatable bonds is 4. The van der Waals surface area contributed by atoms with Gasteiger partial charge in [-0.25, -0.2) is 0 Å². The molecule has 0 N–H and O–H groups in total. The van der Waals surface area contributed by atoms with Gasteiger partial charge in [-0.05, 0) is 53.2 Å². The molecule has 1 aliphatic heterocycles. The van der Waals surface area contributed by atoms with Crippen LogP contribution in [0.3, 0.4) is 0 Å². The average molecular weight is 268 g/mol. The molecule has 4 nitrogen and oxygen atoms in total. The molecule has 1 heterocycles. The van der Waals surface area contributed by atoms with Gasteiger partial charge in [-0.2, -0.15) is 0 Å². The zero-order valence-electron chi connectivity index (χ0n) is 13.2. The maximum absolute atomic E-state index is 11.3. The van der Waals surface area contributed by atoms with Gasteiger partial charge in [0.15, 0.2) is 0 Å². The molecule has 0 bridgehead atoms. The van der Waals surface area contributed by atoms with Crippen LogP contribution in [0.25, 0.3) is 0 Å². The van der Waals surface area contributed by atoms with Gasteiger partial charge in [-0.15, -0.1) is 5.06 Å². The summed E-state index contributed by atoms with van der Waals surface area (Å²) in [4.78, 5) is 21.4. The smallest absolute Gasteiger partial charge is 0.322 e. The minimum absolute atomic E-state index is 0.193. The molecule has 0 spiro atoms. The minimum Gasteiger partial charge on any atom is -0.367 e. The molecule has 1 fully saturated rings. The van der Waals surface area contributed by atoms with E-state index in [-0.39, 0.29) is 17.0 Å². The Balaban J connectivity index is 2.84. The van der Waals surface area contributed by atoms with Gasteiger partial charge >= 0.3 is 5.97 Å². The van der Waals surface area contributed by atoms with Gasteiger partial charge < -0.3 is 4.84 Å². The largest absolute Gasteiger partial charge is 0.367 e. The first-order valence-electron chi connectivity index (χ1n) is 7.19. The summed E-state index contributed by atoms with van der Waals surface area (Å²) in [6, 6.07) is 0.309. The Hall–Kier alpha value is -0.900. The highest BCUT2D eigenvalue weighted by Crippen LogP contribution is 2.39. The lowest BCUT2D eigenvalue weighted by atomic mass is 9.79. The van der Waals surface area contributed by atoms with Crippen molar-refractivity contribution in [1.82, 2.24) is 5.06 Å². The molecule has 1 rings (SSSR count). The van der Waals surface area contributed by atoms with Gasteiger partial charge in [0.2, 0.25) is 0 Å². The second-order valence-corrected chi connectivity index (χ2v) is 6.68. The van der Waals surface area contributed by atoms with Gasteiger partial charge in [-0.3, -0.25) is 9.79 Å². The molecule has 0 unspecified atom stereocenters. The van der Waals surface area contributed by atoms with E-state index in [4.69, 9.17) is 4.84 Å². The Bertz CT molecular complexity index is 330. The maximum Gasteiger partial charge on any atom is 0.322 e. The summed E-state index contributed by atoms with van der Waals surface area (Å²) in [6.45, 7) is 12.1. The van der Waals surface area contributed by atoms with E-state index in [0.29, 0.717) is 6.04 Å². The second-order valence-electron chi connectivity index (χ2n) is 6.68. The van der Waals surface area contributed by atoms with Crippen LogP contribution in [-0.2, 0) is 9.63 Å². The van der Waals surface area contributed by atoms with Crippen LogP contribution in [0.4, 0.5) is 0 Å². The van der Waals surface area contributed by atoms with Gasteiger partial charge in [0.05, 0.1) is 17.1 Å². The Labute approximate surface area is 117 Å². The van der Waals surface area contributed by atoms with Crippen LogP contribution in [-0.4, -0.2) is 34.4 Å². The van der Waals surface area contributed by atoms with Crippen molar-refractivity contribution in [2.75, 3.05) is 0 Å². The van der Waals surface area contributed by atoms with Gasteiger partial charge in [0, 0.05) is 6.92 Å². The summed E-state index contributed by atoms with van der Waals surface area (Å²) in [7, 11) is 0. The summed E-state index contributed by atoms with van der Waals surface area (Å²) >= 11 is 0. The Morgan fingerprint density at radius 3 is 2.26 bits per heavy atom. The zero-order valence-corrected chi connectivity index (χ0v) is 13.2. The van der Waals surface area contributed by atoms with E-state index in [1.807, 2.05) is 11.3 Å². The van der Waals surface area contributed by atoms with Crippen molar-refractivity contribution >= 4 is 12.2 Å². The fourth-order valence-electron chi connectivity index (χ4n) is 3.04. The van der Waals surface area contributed by atoms with Crippen LogP contribution in [0.15, 0.2) is 4.99 Å². The van der Waals surface area contributed by atoms with Crippen LogP contribution in [0.2, 0.25) is 0 Å². The van der Waals surface area contributed by atoms with E-state index >= 15 is 0 Å². The highest BCUT2D eigenvalue weighted by Gasteiger charge is 2.47. The number of aliphatic imine (C=N–C) groups is 1. The third kappa shape index (κ3) is 4.30. The highest BCUT2D eigenvalue weighted by molar-refractivity contribution is 5.65. The summed E-state index contributed by atoms with van der Waals surface area (Å²) in [5.41, 5.74) is -0.386. The number of unbranched alkanes of at least 4 members (excludes halogenated alkanes) is 1. The number of hydrogen-bond acceptors (Lipinski definition) is 4. The van der Waals surface area contributed by atoms with E-state index in [9.17, 15) is 4.79 Å². The third-order valence-electron chi connectivity index (χ3n) is 3.52. The first-order chi connectivity index (χ1) is 8.69. The van der Waals surface area contributed by atoms with E-state index in [1.54, 1.807) is 0 Å². The van der Waals surface area contributed by atoms with Crippen LogP contribution in [0.1, 0.15) is 67.2 Å². The standard InChI is InChI=1S/C15H28N2O2/c1-7-8-9-16-13-10-14(3,4)17(19-12(2)18)15(5,6)11-13/h9,13H,7-8,10-11H2,1-6H3. The maximum atomic E-state index is 11.3. The molecule has 0 aromatic rings. The molecule has 0 amide bonds. The van der Waals surface area contributed by atoms with E-state index < -0.39 is 0 Å². The lowest BCUT2D eigenvalue weighted by Gasteiger charge is -2.51. The highest BCUT2D eigenvalue weighted by atomic mass is 16.7. The summed E-state index contributed by atoms with van der Waals surface area (Å²) < 4.78 is 0. The molecule has 0 saturated carbocycles. The summed E-state index contributed by atoms with van der Waals surface area (Å²) in [6.07, 6.45) is 6.01. The first-order valence-corrected chi connectivity index (χ1v) is 7.19. The summed E-state index contributed by atoms with van der Waals surface area (Å²) in [5, 5.41) is 1.86. The molecule has 0 atom stereocenters. The van der Waals surface area contributed by atoms with Crippen LogP contribution in [0.5, 0.6) is 0 Å². The fourth-order valence-corrected chi connectivity index (χ4v) is 3.04. The second kappa shape index (κ2) is 6.04. The Kier molecular flexibility index (Phi) is 5.13. The molecule has 0 aromatic carbocycles. The third-order valence-corrected chi connectivity index (χ3v) is 3.52. The zero-order chi connectivity index (χ0) is 14.7. The minimum atomic E-state index is -0.255. The van der Waals surface area contributed by atoms with Gasteiger partial charge in [-0.1, -0.05) is 13.3 Å². The molecule has 4 heteroatoms. The topological polar surface area (TPSA) is 41.9 Å². The lowest BCUT2D eigenvalue weighted by molar-refractivity contribution is -0.265. The molecular weight excluding hydrogens is 240 g/mol. The number of nitrogens with zero attached hydrogens (tertiary/aromatic N) is 2. The quantitative estimate of drug-likeness (QED) is 0.734. The first kappa shape index (κ1) is 16.2. The van der Waals surface area contributed by atoms with Crippen molar-refractivity contribution in [2.45, 2.75) is 84.3 Å². The van der Waals surface area contributed by atoms with Crippen molar-refractivity contribution in [3.8, 4) is 0 Å². The molecule has 110 valence electrons. The van der Waals surface area contributed by atoms with Crippen LogP contribution in [0, 0.1) is 0 Å². The Morgan fingerprint density at radius 2 is 1.84 bits per heavy atom. The molecule has 0 radical (unpaired) electrons. The summed E-state index contributed by atoms with van der Waals surface area (Å²) in [5.74, 6) is -0.255. The van der Waals surface area contributed by atoms with Gasteiger partial charge in [0.25, 0.3) is 0 Å². The van der Waals surface area contributed by atoms with Crippen molar-refractivity contribution in [2.24, 2.45) is 4.99 Å². The molecular formula is C15H28N2O2. The SMILES string of the molecule is CCCC=NC1CC(C)(C)N(OC(C)=O)C(C)(C)C1. The molecule has 1 aliphatic rings. The van der Waals surface area contributed by atoms with Crippen molar-refractivity contribution in [3.63, 3.8) is 0 Å². The van der Waals surface area contributed by atoms with E-state index in [1.165, 1.54) is 6.92 Å². The van der Waals surface area contributed by atoms with Crippen molar-refractivity contribution in [1.29, 1.82) is 0 Å². The number of carbonyl (C=O) groups excluding carboxylic acids is 1. The fraction of sp³-hybridized carbons (Fsp3) is 0.867. The van der Waals surface area contributed by atoms with Crippen molar-refractivity contribution < 1.29 is 9.63 Å². The molecule has 19 heavy (non-hydrogen) atoms. The van der Waals surface area contributed by atoms with E-state index in [0.717, 1.165) is 25.7 Å². The molecule has 1 saturated heterocycles. The predicted octanol–water partition coefficient (Wildman–Crippen LogP) is 3.36. The van der Waals surface area contributed by atoms with Crippen LogP contribution < -0.4 is 0 Å². The number of hydrogen-bond donors (Lipinski definition) is 0. The average Bonchev–Trinajstić information content (AvgIpc) is 2.23. The number of carbonyl (C=O) groups is 1. The number of piperidine rings is 1. The predicted molar refractivity (Wildman–Crippen MR) is 78.2 cm³/mol. The molecule has 0 aliphatic carbocycles. The van der Waals surface area contributed by atoms with Gasteiger partial charge in [0.1, 0.15) is 0 Å². The monoisotopic (exact) mass is 268 g/mol. The number of hydroxylamine groups is 2. The van der Waals surface area contributed by atoms with E-state index in [2.05, 4.69) is 39.6 Å². The normalized spacial score (nSPS) is 23.7.